The van der Waals surface area contributed by atoms with Gasteiger partial charge < -0.3 is 11.1 Å². The summed E-state index contributed by atoms with van der Waals surface area (Å²) < 4.78 is 0. The Balaban J connectivity index is 2.05. The number of rotatable bonds is 1. The Kier molecular flexibility index (Phi) is 2.05. The fourth-order valence-corrected chi connectivity index (χ4v) is 2.67. The van der Waals surface area contributed by atoms with Crippen LogP contribution in [0.3, 0.4) is 0 Å². The molecule has 68 valence electrons. The summed E-state index contributed by atoms with van der Waals surface area (Å²) in [6.07, 6.45) is 5.06. The van der Waals surface area contributed by atoms with Gasteiger partial charge in [0.05, 0.1) is 6.04 Å². The molecule has 3 nitrogen and oxygen atoms in total. The molecule has 3 unspecified atom stereocenters. The van der Waals surface area contributed by atoms with E-state index in [-0.39, 0.29) is 11.9 Å². The molecule has 1 aliphatic heterocycles. The van der Waals surface area contributed by atoms with Crippen LogP contribution in [-0.2, 0) is 4.79 Å². The summed E-state index contributed by atoms with van der Waals surface area (Å²) in [4.78, 5) is 11.0. The van der Waals surface area contributed by atoms with Crippen molar-refractivity contribution in [3.05, 3.63) is 0 Å². The average Bonchev–Trinajstić information content (AvgIpc) is 2.47. The SMILES string of the molecule is NC(=O)C1NCC2CCCCC21. The van der Waals surface area contributed by atoms with Crippen molar-refractivity contribution in [2.45, 2.75) is 31.7 Å². The summed E-state index contributed by atoms with van der Waals surface area (Å²) in [5.74, 6) is 1.09. The highest BCUT2D eigenvalue weighted by atomic mass is 16.1. The van der Waals surface area contributed by atoms with Crippen LogP contribution < -0.4 is 11.1 Å². The summed E-state index contributed by atoms with van der Waals surface area (Å²) in [5.41, 5.74) is 5.30. The Morgan fingerprint density at radius 3 is 2.83 bits per heavy atom. The van der Waals surface area contributed by atoms with Crippen LogP contribution in [0.2, 0.25) is 0 Å². The van der Waals surface area contributed by atoms with Crippen molar-refractivity contribution < 1.29 is 4.79 Å². The second-order valence-corrected chi connectivity index (χ2v) is 4.00. The number of hydrogen-bond acceptors (Lipinski definition) is 2. The molecule has 2 fully saturated rings. The number of carbonyl (C=O) groups excluding carboxylic acids is 1. The van der Waals surface area contributed by atoms with E-state index in [9.17, 15) is 4.79 Å². The van der Waals surface area contributed by atoms with E-state index >= 15 is 0 Å². The van der Waals surface area contributed by atoms with Gasteiger partial charge in [-0.1, -0.05) is 12.8 Å². The minimum atomic E-state index is -0.163. The number of nitrogens with two attached hydrogens (primary N) is 1. The minimum Gasteiger partial charge on any atom is -0.368 e. The quantitative estimate of drug-likeness (QED) is 0.589. The Bertz CT molecular complexity index is 193. The van der Waals surface area contributed by atoms with Gasteiger partial charge in [-0.2, -0.15) is 0 Å². The van der Waals surface area contributed by atoms with Crippen LogP contribution >= 0.6 is 0 Å². The maximum atomic E-state index is 11.0. The molecule has 0 radical (unpaired) electrons. The molecule has 1 saturated carbocycles. The number of primary amides is 1. The summed E-state index contributed by atoms with van der Waals surface area (Å²) in [5, 5.41) is 3.22. The second kappa shape index (κ2) is 3.05. The largest absolute Gasteiger partial charge is 0.368 e. The van der Waals surface area contributed by atoms with E-state index < -0.39 is 0 Å². The van der Waals surface area contributed by atoms with Gasteiger partial charge in [0.2, 0.25) is 5.91 Å². The van der Waals surface area contributed by atoms with Crippen molar-refractivity contribution in [2.75, 3.05) is 6.54 Å². The first-order chi connectivity index (χ1) is 5.79. The molecule has 2 rings (SSSR count). The lowest BCUT2D eigenvalue weighted by Gasteiger charge is -2.26. The molecule has 0 spiro atoms. The normalized spacial score (nSPS) is 40.8. The van der Waals surface area contributed by atoms with Crippen molar-refractivity contribution in [1.82, 2.24) is 5.32 Å². The predicted molar refractivity (Wildman–Crippen MR) is 46.4 cm³/mol. The molecule has 1 heterocycles. The van der Waals surface area contributed by atoms with Crippen LogP contribution in [0.15, 0.2) is 0 Å². The molecule has 1 aliphatic carbocycles. The van der Waals surface area contributed by atoms with E-state index in [1.54, 1.807) is 0 Å². The van der Waals surface area contributed by atoms with Gasteiger partial charge in [0.15, 0.2) is 0 Å². The lowest BCUT2D eigenvalue weighted by molar-refractivity contribution is -0.120. The van der Waals surface area contributed by atoms with E-state index in [1.165, 1.54) is 25.7 Å². The third-order valence-electron chi connectivity index (χ3n) is 3.30. The first kappa shape index (κ1) is 8.05. The zero-order valence-electron chi connectivity index (χ0n) is 7.25. The van der Waals surface area contributed by atoms with Crippen molar-refractivity contribution in [2.24, 2.45) is 17.6 Å². The molecule has 0 bridgehead atoms. The highest BCUT2D eigenvalue weighted by Crippen LogP contribution is 2.35. The van der Waals surface area contributed by atoms with Gasteiger partial charge in [0.25, 0.3) is 0 Å². The van der Waals surface area contributed by atoms with Crippen molar-refractivity contribution in [1.29, 1.82) is 0 Å². The number of carbonyl (C=O) groups is 1. The van der Waals surface area contributed by atoms with Crippen molar-refractivity contribution >= 4 is 5.91 Å². The molecule has 0 aromatic rings. The smallest absolute Gasteiger partial charge is 0.234 e. The molecule has 12 heavy (non-hydrogen) atoms. The van der Waals surface area contributed by atoms with E-state index in [2.05, 4.69) is 5.32 Å². The zero-order valence-corrected chi connectivity index (χ0v) is 7.25. The number of fused-ring (bicyclic) bond motifs is 1. The van der Waals surface area contributed by atoms with Gasteiger partial charge in [-0.15, -0.1) is 0 Å². The fourth-order valence-electron chi connectivity index (χ4n) is 2.67. The Morgan fingerprint density at radius 1 is 1.33 bits per heavy atom. The molecule has 3 heteroatoms. The molecule has 0 aromatic carbocycles. The molecule has 3 N–H and O–H groups in total. The Morgan fingerprint density at radius 2 is 2.08 bits per heavy atom. The summed E-state index contributed by atoms with van der Waals surface area (Å²) >= 11 is 0. The third kappa shape index (κ3) is 1.22. The molecule has 3 atom stereocenters. The third-order valence-corrected chi connectivity index (χ3v) is 3.30. The van der Waals surface area contributed by atoms with Gasteiger partial charge in [-0.05, 0) is 31.2 Å². The maximum absolute atomic E-state index is 11.0. The predicted octanol–water partition coefficient (Wildman–Crippen LogP) is 0.250. The van der Waals surface area contributed by atoms with Gasteiger partial charge in [0, 0.05) is 0 Å². The van der Waals surface area contributed by atoms with Crippen LogP contribution in [0.1, 0.15) is 25.7 Å². The average molecular weight is 168 g/mol. The summed E-state index contributed by atoms with van der Waals surface area (Å²) in [6, 6.07) is -0.0321. The molecular weight excluding hydrogens is 152 g/mol. The molecule has 0 aromatic heterocycles. The van der Waals surface area contributed by atoms with Crippen LogP contribution in [0.5, 0.6) is 0 Å². The van der Waals surface area contributed by atoms with E-state index in [0.29, 0.717) is 5.92 Å². The van der Waals surface area contributed by atoms with Gasteiger partial charge in [-0.3, -0.25) is 4.79 Å². The molecule has 2 aliphatic rings. The van der Waals surface area contributed by atoms with E-state index in [4.69, 9.17) is 5.73 Å². The minimum absolute atomic E-state index is 0.0321. The fraction of sp³-hybridized carbons (Fsp3) is 0.889. The molecular formula is C9H16N2O. The lowest BCUT2D eigenvalue weighted by Crippen LogP contribution is -2.41. The zero-order chi connectivity index (χ0) is 8.55. The van der Waals surface area contributed by atoms with Crippen LogP contribution in [0.4, 0.5) is 0 Å². The highest BCUT2D eigenvalue weighted by molar-refractivity contribution is 5.80. The summed E-state index contributed by atoms with van der Waals surface area (Å²) in [6.45, 7) is 0.998. The Labute approximate surface area is 72.7 Å². The molecule has 1 amide bonds. The number of amides is 1. The highest BCUT2D eigenvalue weighted by Gasteiger charge is 2.39. The van der Waals surface area contributed by atoms with Crippen LogP contribution in [-0.4, -0.2) is 18.5 Å². The van der Waals surface area contributed by atoms with Crippen LogP contribution in [0, 0.1) is 11.8 Å². The van der Waals surface area contributed by atoms with Crippen molar-refractivity contribution in [3.8, 4) is 0 Å². The van der Waals surface area contributed by atoms with Crippen LogP contribution in [0.25, 0.3) is 0 Å². The van der Waals surface area contributed by atoms with Crippen molar-refractivity contribution in [3.63, 3.8) is 0 Å². The lowest BCUT2D eigenvalue weighted by atomic mass is 9.78. The standard InChI is InChI=1S/C9H16N2O/c10-9(12)8-7-4-2-1-3-6(7)5-11-8/h6-8,11H,1-5H2,(H2,10,12). The van der Waals surface area contributed by atoms with Gasteiger partial charge >= 0.3 is 0 Å². The number of nitrogens with one attached hydrogen (secondary N) is 1. The number of hydrogen-bond donors (Lipinski definition) is 2. The Hall–Kier alpha value is -0.570. The van der Waals surface area contributed by atoms with E-state index in [1.807, 2.05) is 0 Å². The summed E-state index contributed by atoms with van der Waals surface area (Å²) in [7, 11) is 0. The second-order valence-electron chi connectivity index (χ2n) is 4.00. The monoisotopic (exact) mass is 168 g/mol. The first-order valence-corrected chi connectivity index (χ1v) is 4.82. The van der Waals surface area contributed by atoms with E-state index in [0.717, 1.165) is 12.5 Å². The van der Waals surface area contributed by atoms with Gasteiger partial charge in [0.1, 0.15) is 0 Å². The topological polar surface area (TPSA) is 55.1 Å². The molecule has 1 saturated heterocycles. The first-order valence-electron chi connectivity index (χ1n) is 4.82. The maximum Gasteiger partial charge on any atom is 0.234 e. The van der Waals surface area contributed by atoms with Gasteiger partial charge in [-0.25, -0.2) is 0 Å².